The number of fused-ring (bicyclic) bond motifs is 1. The molecule has 1 aromatic heterocycles. The number of nitrogens with one attached hydrogen (secondary N) is 2. The van der Waals surface area contributed by atoms with Gasteiger partial charge in [0.2, 0.25) is 5.91 Å². The van der Waals surface area contributed by atoms with Gasteiger partial charge in [-0.1, -0.05) is 30.0 Å². The smallest absolute Gasteiger partial charge is 0.269 e. The van der Waals surface area contributed by atoms with E-state index in [2.05, 4.69) is 20.8 Å². The Hall–Kier alpha value is -3.00. The Morgan fingerprint density at radius 1 is 1.00 bits per heavy atom. The monoisotopic (exact) mass is 356 g/mol. The molecule has 0 fully saturated rings. The maximum atomic E-state index is 12.8. The Morgan fingerprint density at radius 2 is 1.76 bits per heavy atom. The highest BCUT2D eigenvalue weighted by molar-refractivity contribution is 8.00. The number of nitrogens with zero attached hydrogens (tertiary/aromatic N) is 2. The number of thioether (sulfide) groups is 1. The highest BCUT2D eigenvalue weighted by Crippen LogP contribution is 2.23. The molecule has 0 unspecified atom stereocenters. The molecular formula is C17H13FN4O2S. The number of hydrogen-bond donors (Lipinski definition) is 2. The van der Waals surface area contributed by atoms with E-state index in [1.54, 1.807) is 0 Å². The summed E-state index contributed by atoms with van der Waals surface area (Å²) in [4.78, 5) is 32.1. The van der Waals surface area contributed by atoms with Crippen LogP contribution in [0.3, 0.4) is 0 Å². The van der Waals surface area contributed by atoms with E-state index in [9.17, 15) is 14.0 Å². The molecule has 3 rings (SSSR count). The van der Waals surface area contributed by atoms with Crippen molar-refractivity contribution in [2.45, 2.75) is 5.03 Å². The van der Waals surface area contributed by atoms with Crippen molar-refractivity contribution in [1.29, 1.82) is 0 Å². The molecule has 0 bridgehead atoms. The number of benzene rings is 2. The fourth-order valence-corrected chi connectivity index (χ4v) is 2.85. The molecule has 0 radical (unpaired) electrons. The van der Waals surface area contributed by atoms with Crippen LogP contribution in [0.5, 0.6) is 0 Å². The third-order valence-corrected chi connectivity index (χ3v) is 4.27. The first kappa shape index (κ1) is 16.8. The van der Waals surface area contributed by atoms with E-state index >= 15 is 0 Å². The summed E-state index contributed by atoms with van der Waals surface area (Å²) in [5, 5.41) is 1.55. The molecule has 2 amide bonds. The van der Waals surface area contributed by atoms with Gasteiger partial charge in [0.05, 0.1) is 11.3 Å². The fraction of sp³-hybridized carbons (Fsp3) is 0.0588. The number of rotatable bonds is 4. The molecule has 0 atom stereocenters. The Morgan fingerprint density at radius 3 is 2.56 bits per heavy atom. The lowest BCUT2D eigenvalue weighted by molar-refractivity contribution is -0.119. The molecule has 0 saturated carbocycles. The summed E-state index contributed by atoms with van der Waals surface area (Å²) in [5.41, 5.74) is 5.64. The number of para-hydroxylation sites is 1. The second-order valence-electron chi connectivity index (χ2n) is 4.99. The number of carbonyl (C=O) groups excluding carboxylic acids is 2. The van der Waals surface area contributed by atoms with E-state index in [0.29, 0.717) is 5.03 Å². The molecule has 1 heterocycles. The number of hydrazine groups is 1. The first-order chi connectivity index (χ1) is 12.1. The SMILES string of the molecule is O=C(CSc1ncnc2ccccc12)NNC(=O)c1ccc(F)cc1. The van der Waals surface area contributed by atoms with E-state index in [4.69, 9.17) is 0 Å². The molecule has 2 N–H and O–H groups in total. The van der Waals surface area contributed by atoms with Gasteiger partial charge in [-0.2, -0.15) is 0 Å². The Kier molecular flexibility index (Phi) is 5.20. The van der Waals surface area contributed by atoms with E-state index in [0.717, 1.165) is 10.9 Å². The van der Waals surface area contributed by atoms with Gasteiger partial charge in [0.1, 0.15) is 17.2 Å². The Bertz CT molecular complexity index is 913. The maximum Gasteiger partial charge on any atom is 0.269 e. The van der Waals surface area contributed by atoms with E-state index in [1.165, 1.54) is 42.4 Å². The predicted molar refractivity (Wildman–Crippen MR) is 92.3 cm³/mol. The minimum absolute atomic E-state index is 0.0741. The van der Waals surface area contributed by atoms with Crippen LogP contribution in [0, 0.1) is 5.82 Å². The van der Waals surface area contributed by atoms with Crippen LogP contribution in [-0.2, 0) is 4.79 Å². The Balaban J connectivity index is 1.54. The van der Waals surface area contributed by atoms with Crippen LogP contribution in [0.1, 0.15) is 10.4 Å². The molecule has 6 nitrogen and oxygen atoms in total. The van der Waals surface area contributed by atoms with Gasteiger partial charge in [-0.05, 0) is 30.3 Å². The topological polar surface area (TPSA) is 84.0 Å². The molecule has 2 aromatic carbocycles. The summed E-state index contributed by atoms with van der Waals surface area (Å²) in [5.74, 6) is -1.27. The predicted octanol–water partition coefficient (Wildman–Crippen LogP) is 2.32. The minimum atomic E-state index is -0.522. The third-order valence-electron chi connectivity index (χ3n) is 3.27. The van der Waals surface area contributed by atoms with Gasteiger partial charge in [-0.15, -0.1) is 0 Å². The molecule has 0 aliphatic carbocycles. The van der Waals surface area contributed by atoms with Crippen LogP contribution in [-0.4, -0.2) is 27.5 Å². The number of aromatic nitrogens is 2. The molecule has 0 aliphatic heterocycles. The molecular weight excluding hydrogens is 343 g/mol. The van der Waals surface area contributed by atoms with Gasteiger partial charge in [0.25, 0.3) is 5.91 Å². The second-order valence-corrected chi connectivity index (χ2v) is 5.96. The van der Waals surface area contributed by atoms with E-state index in [-0.39, 0.29) is 17.2 Å². The van der Waals surface area contributed by atoms with E-state index < -0.39 is 11.7 Å². The molecule has 3 aromatic rings. The number of carbonyl (C=O) groups is 2. The van der Waals surface area contributed by atoms with Gasteiger partial charge in [0.15, 0.2) is 0 Å². The number of amides is 2. The average Bonchev–Trinajstić information content (AvgIpc) is 2.65. The van der Waals surface area contributed by atoms with Gasteiger partial charge >= 0.3 is 0 Å². The average molecular weight is 356 g/mol. The van der Waals surface area contributed by atoms with Crippen LogP contribution in [0.4, 0.5) is 4.39 Å². The molecule has 126 valence electrons. The van der Waals surface area contributed by atoms with Crippen molar-refractivity contribution in [3.8, 4) is 0 Å². The zero-order valence-electron chi connectivity index (χ0n) is 12.9. The first-order valence-electron chi connectivity index (χ1n) is 7.31. The standard InChI is InChI=1S/C17H13FN4O2S/c18-12-7-5-11(6-8-12)16(24)22-21-15(23)9-25-17-13-3-1-2-4-14(13)19-10-20-17/h1-8,10H,9H2,(H,21,23)(H,22,24). The zero-order valence-corrected chi connectivity index (χ0v) is 13.7. The summed E-state index contributed by atoms with van der Waals surface area (Å²) < 4.78 is 12.8. The zero-order chi connectivity index (χ0) is 17.6. The van der Waals surface area contributed by atoms with Crippen molar-refractivity contribution in [3.05, 3.63) is 66.2 Å². The van der Waals surface area contributed by atoms with Crippen molar-refractivity contribution in [1.82, 2.24) is 20.8 Å². The van der Waals surface area contributed by atoms with Gasteiger partial charge < -0.3 is 0 Å². The highest BCUT2D eigenvalue weighted by atomic mass is 32.2. The molecule has 8 heteroatoms. The van der Waals surface area contributed by atoms with Crippen LogP contribution in [0.25, 0.3) is 10.9 Å². The van der Waals surface area contributed by atoms with Crippen molar-refractivity contribution < 1.29 is 14.0 Å². The minimum Gasteiger partial charge on any atom is -0.272 e. The number of halogens is 1. The molecule has 25 heavy (non-hydrogen) atoms. The molecule has 0 saturated heterocycles. The number of hydrogen-bond acceptors (Lipinski definition) is 5. The van der Waals surface area contributed by atoms with Crippen LogP contribution in [0.15, 0.2) is 59.9 Å². The van der Waals surface area contributed by atoms with Crippen molar-refractivity contribution >= 4 is 34.5 Å². The third kappa shape index (κ3) is 4.30. The lowest BCUT2D eigenvalue weighted by Crippen LogP contribution is -2.42. The summed E-state index contributed by atoms with van der Waals surface area (Å²) in [6.07, 6.45) is 1.44. The second kappa shape index (κ2) is 7.71. The van der Waals surface area contributed by atoms with Gasteiger partial charge in [0, 0.05) is 10.9 Å². The van der Waals surface area contributed by atoms with Crippen LogP contribution < -0.4 is 10.9 Å². The lowest BCUT2D eigenvalue weighted by Gasteiger charge is -2.08. The quantitative estimate of drug-likeness (QED) is 0.426. The normalized spacial score (nSPS) is 10.4. The fourth-order valence-electron chi connectivity index (χ4n) is 2.07. The van der Waals surface area contributed by atoms with Crippen molar-refractivity contribution in [3.63, 3.8) is 0 Å². The van der Waals surface area contributed by atoms with Gasteiger partial charge in [-0.25, -0.2) is 14.4 Å². The van der Waals surface area contributed by atoms with Gasteiger partial charge in [-0.3, -0.25) is 20.4 Å². The summed E-state index contributed by atoms with van der Waals surface area (Å²) in [6.45, 7) is 0. The van der Waals surface area contributed by atoms with Crippen LogP contribution >= 0.6 is 11.8 Å². The summed E-state index contributed by atoms with van der Waals surface area (Å²) >= 11 is 1.24. The van der Waals surface area contributed by atoms with Crippen molar-refractivity contribution in [2.75, 3.05) is 5.75 Å². The van der Waals surface area contributed by atoms with Crippen molar-refractivity contribution in [2.24, 2.45) is 0 Å². The molecule has 0 aliphatic rings. The summed E-state index contributed by atoms with van der Waals surface area (Å²) in [6, 6.07) is 12.5. The molecule has 0 spiro atoms. The first-order valence-corrected chi connectivity index (χ1v) is 8.29. The van der Waals surface area contributed by atoms with Crippen LogP contribution in [0.2, 0.25) is 0 Å². The largest absolute Gasteiger partial charge is 0.272 e. The Labute approximate surface area is 146 Å². The lowest BCUT2D eigenvalue weighted by atomic mass is 10.2. The maximum absolute atomic E-state index is 12.8. The summed E-state index contributed by atoms with van der Waals surface area (Å²) in [7, 11) is 0. The highest BCUT2D eigenvalue weighted by Gasteiger charge is 2.10. The van der Waals surface area contributed by atoms with E-state index in [1.807, 2.05) is 24.3 Å².